The molecule has 1 aliphatic rings. The second kappa shape index (κ2) is 7.23. The molecule has 0 aliphatic carbocycles. The van der Waals surface area contributed by atoms with Crippen LogP contribution in [0.5, 0.6) is 0 Å². The normalized spacial score (nSPS) is 18.2. The Bertz CT molecular complexity index is 631. The van der Waals surface area contributed by atoms with E-state index in [-0.39, 0.29) is 11.9 Å². The van der Waals surface area contributed by atoms with E-state index in [9.17, 15) is 4.39 Å². The molecular weight excluding hydrogens is 291 g/mol. The van der Waals surface area contributed by atoms with Gasteiger partial charge in [-0.05, 0) is 19.9 Å². The summed E-state index contributed by atoms with van der Waals surface area (Å²) in [6.45, 7) is 9.99. The van der Waals surface area contributed by atoms with Crippen molar-refractivity contribution in [3.8, 4) is 0 Å². The summed E-state index contributed by atoms with van der Waals surface area (Å²) in [5.41, 5.74) is 0.794. The molecule has 1 aromatic carbocycles. The van der Waals surface area contributed by atoms with Crippen LogP contribution in [-0.4, -0.2) is 45.5 Å². The van der Waals surface area contributed by atoms with E-state index in [0.717, 1.165) is 50.7 Å². The number of aromatic nitrogens is 2. The zero-order valence-corrected chi connectivity index (χ0v) is 14.0. The van der Waals surface area contributed by atoms with Gasteiger partial charge in [-0.15, -0.1) is 0 Å². The molecule has 2 heterocycles. The molecule has 1 saturated heterocycles. The molecule has 1 fully saturated rings. The highest BCUT2D eigenvalue weighted by Gasteiger charge is 2.24. The maximum atomic E-state index is 14.0. The van der Waals surface area contributed by atoms with Crippen LogP contribution >= 0.6 is 0 Å². The highest BCUT2D eigenvalue weighted by atomic mass is 19.1. The van der Waals surface area contributed by atoms with Crippen molar-refractivity contribution in [1.82, 2.24) is 19.4 Å². The van der Waals surface area contributed by atoms with E-state index in [1.807, 2.05) is 24.5 Å². The van der Waals surface area contributed by atoms with Crippen LogP contribution in [0.15, 0.2) is 36.7 Å². The van der Waals surface area contributed by atoms with Crippen molar-refractivity contribution in [2.75, 3.05) is 26.2 Å². The van der Waals surface area contributed by atoms with E-state index in [0.29, 0.717) is 0 Å². The SMILES string of the molecule is CCn1ccnc1CN1CCN([C@@H](C)c2ccccc2F)CC1. The summed E-state index contributed by atoms with van der Waals surface area (Å²) in [7, 11) is 0. The van der Waals surface area contributed by atoms with Crippen molar-refractivity contribution in [3.05, 3.63) is 53.9 Å². The molecule has 0 saturated carbocycles. The predicted molar refractivity (Wildman–Crippen MR) is 89.6 cm³/mol. The van der Waals surface area contributed by atoms with Gasteiger partial charge in [0, 0.05) is 56.7 Å². The fourth-order valence-corrected chi connectivity index (χ4v) is 3.30. The molecule has 0 spiro atoms. The molecule has 0 N–H and O–H groups in total. The van der Waals surface area contributed by atoms with Crippen LogP contribution in [0.1, 0.15) is 31.3 Å². The lowest BCUT2D eigenvalue weighted by molar-refractivity contribution is 0.0942. The average molecular weight is 316 g/mol. The maximum absolute atomic E-state index is 14.0. The van der Waals surface area contributed by atoms with Gasteiger partial charge in [-0.2, -0.15) is 0 Å². The Kier molecular flexibility index (Phi) is 5.08. The Hall–Kier alpha value is -1.72. The van der Waals surface area contributed by atoms with E-state index < -0.39 is 0 Å². The van der Waals surface area contributed by atoms with Crippen LogP contribution in [0.3, 0.4) is 0 Å². The van der Waals surface area contributed by atoms with Gasteiger partial charge in [0.05, 0.1) is 6.54 Å². The Labute approximate surface area is 137 Å². The maximum Gasteiger partial charge on any atom is 0.127 e. The molecule has 2 aromatic rings. The number of hydrogen-bond acceptors (Lipinski definition) is 3. The van der Waals surface area contributed by atoms with E-state index in [1.165, 1.54) is 0 Å². The monoisotopic (exact) mass is 316 g/mol. The molecule has 0 unspecified atom stereocenters. The predicted octanol–water partition coefficient (Wildman–Crippen LogP) is 2.92. The zero-order chi connectivity index (χ0) is 16.2. The summed E-state index contributed by atoms with van der Waals surface area (Å²) in [5, 5.41) is 0. The van der Waals surface area contributed by atoms with Gasteiger partial charge in [0.1, 0.15) is 11.6 Å². The van der Waals surface area contributed by atoms with Gasteiger partial charge in [-0.1, -0.05) is 18.2 Å². The summed E-state index contributed by atoms with van der Waals surface area (Å²) in [4.78, 5) is 9.24. The Morgan fingerprint density at radius 2 is 1.91 bits per heavy atom. The van der Waals surface area contributed by atoms with Gasteiger partial charge in [-0.3, -0.25) is 9.80 Å². The van der Waals surface area contributed by atoms with Crippen molar-refractivity contribution in [3.63, 3.8) is 0 Å². The lowest BCUT2D eigenvalue weighted by Gasteiger charge is -2.38. The number of piperazine rings is 1. The second-order valence-corrected chi connectivity index (χ2v) is 6.14. The lowest BCUT2D eigenvalue weighted by Crippen LogP contribution is -2.47. The Morgan fingerprint density at radius 3 is 2.61 bits per heavy atom. The highest BCUT2D eigenvalue weighted by molar-refractivity contribution is 5.20. The fraction of sp³-hybridized carbons (Fsp3) is 0.500. The molecule has 0 radical (unpaired) electrons. The van der Waals surface area contributed by atoms with Gasteiger partial charge in [0.25, 0.3) is 0 Å². The van der Waals surface area contributed by atoms with Gasteiger partial charge in [-0.25, -0.2) is 9.37 Å². The second-order valence-electron chi connectivity index (χ2n) is 6.14. The number of benzene rings is 1. The van der Waals surface area contributed by atoms with Crippen LogP contribution in [0.2, 0.25) is 0 Å². The van der Waals surface area contributed by atoms with Crippen LogP contribution in [-0.2, 0) is 13.1 Å². The standard InChI is InChI=1S/C18H25FN4/c1-3-22-9-8-20-18(22)14-21-10-12-23(13-11-21)15(2)16-6-4-5-7-17(16)19/h4-9,15H,3,10-14H2,1-2H3/t15-/m0/s1. The van der Waals surface area contributed by atoms with Crippen LogP contribution < -0.4 is 0 Å². The molecule has 4 nitrogen and oxygen atoms in total. The molecule has 124 valence electrons. The van der Waals surface area contributed by atoms with Gasteiger partial charge in [0.2, 0.25) is 0 Å². The summed E-state index contributed by atoms with van der Waals surface area (Å²) in [6, 6.07) is 7.22. The average Bonchev–Trinajstić information content (AvgIpc) is 3.02. The van der Waals surface area contributed by atoms with Crippen LogP contribution in [0.4, 0.5) is 4.39 Å². The van der Waals surface area contributed by atoms with E-state index in [1.54, 1.807) is 12.1 Å². The molecule has 1 aromatic heterocycles. The fourth-order valence-electron chi connectivity index (χ4n) is 3.30. The number of hydrogen-bond donors (Lipinski definition) is 0. The van der Waals surface area contributed by atoms with E-state index in [2.05, 4.69) is 33.2 Å². The minimum Gasteiger partial charge on any atom is -0.334 e. The van der Waals surface area contributed by atoms with Gasteiger partial charge in [0.15, 0.2) is 0 Å². The van der Waals surface area contributed by atoms with Crippen molar-refractivity contribution in [1.29, 1.82) is 0 Å². The molecular formula is C18H25FN4. The van der Waals surface area contributed by atoms with Crippen molar-refractivity contribution < 1.29 is 4.39 Å². The van der Waals surface area contributed by atoms with Crippen molar-refractivity contribution >= 4 is 0 Å². The first-order valence-electron chi connectivity index (χ1n) is 8.40. The third-order valence-corrected chi connectivity index (χ3v) is 4.82. The Morgan fingerprint density at radius 1 is 1.17 bits per heavy atom. The third-order valence-electron chi connectivity index (χ3n) is 4.82. The number of halogens is 1. The lowest BCUT2D eigenvalue weighted by atomic mass is 10.1. The summed E-state index contributed by atoms with van der Waals surface area (Å²) in [5.74, 6) is 1.02. The first-order chi connectivity index (χ1) is 11.2. The number of aryl methyl sites for hydroxylation is 1. The molecule has 1 aliphatic heterocycles. The summed E-state index contributed by atoms with van der Waals surface area (Å²) >= 11 is 0. The molecule has 1 atom stereocenters. The van der Waals surface area contributed by atoms with E-state index in [4.69, 9.17) is 0 Å². The molecule has 0 bridgehead atoms. The quantitative estimate of drug-likeness (QED) is 0.848. The summed E-state index contributed by atoms with van der Waals surface area (Å²) in [6.07, 6.45) is 3.90. The van der Waals surface area contributed by atoms with Crippen molar-refractivity contribution in [2.24, 2.45) is 0 Å². The molecule has 23 heavy (non-hydrogen) atoms. The smallest absolute Gasteiger partial charge is 0.127 e. The van der Waals surface area contributed by atoms with Crippen LogP contribution in [0.25, 0.3) is 0 Å². The van der Waals surface area contributed by atoms with E-state index >= 15 is 0 Å². The molecule has 5 heteroatoms. The minimum absolute atomic E-state index is 0.104. The summed E-state index contributed by atoms with van der Waals surface area (Å²) < 4.78 is 16.1. The van der Waals surface area contributed by atoms with Crippen molar-refractivity contribution in [2.45, 2.75) is 33.0 Å². The first kappa shape index (κ1) is 16.1. The third kappa shape index (κ3) is 3.62. The zero-order valence-electron chi connectivity index (χ0n) is 14.0. The number of rotatable bonds is 5. The minimum atomic E-state index is -0.104. The van der Waals surface area contributed by atoms with Gasteiger partial charge < -0.3 is 4.57 Å². The molecule has 0 amide bonds. The number of nitrogens with zero attached hydrogens (tertiary/aromatic N) is 4. The first-order valence-corrected chi connectivity index (χ1v) is 8.40. The number of imidazole rings is 1. The molecule has 3 rings (SSSR count). The largest absolute Gasteiger partial charge is 0.334 e. The van der Waals surface area contributed by atoms with Crippen LogP contribution in [0, 0.1) is 5.82 Å². The Balaban J connectivity index is 1.57. The van der Waals surface area contributed by atoms with Gasteiger partial charge >= 0.3 is 0 Å². The topological polar surface area (TPSA) is 24.3 Å². The highest BCUT2D eigenvalue weighted by Crippen LogP contribution is 2.24.